The minimum Gasteiger partial charge on any atom is -0.0654 e. The summed E-state index contributed by atoms with van der Waals surface area (Å²) in [5.41, 5.74) is 0.633. The molecule has 0 N–H and O–H groups in total. The SMILES string of the molecule is CCCC(C)CC1(C)CCCCCCC(C)CCCCC1. The Balaban J connectivity index is 2.48. The molecule has 0 spiro atoms. The van der Waals surface area contributed by atoms with Crippen molar-refractivity contribution in [3.63, 3.8) is 0 Å². The Morgan fingerprint density at radius 1 is 0.905 bits per heavy atom. The normalized spacial score (nSPS) is 31.7. The van der Waals surface area contributed by atoms with Crippen molar-refractivity contribution in [2.45, 2.75) is 118 Å². The standard InChI is InChI=1S/C21H42/c1-5-13-20(3)18-21(4)16-11-7-6-9-14-19(2)15-10-8-12-17-21/h19-20H,5-18H2,1-4H3. The third-order valence-corrected chi connectivity index (χ3v) is 5.83. The molecule has 1 aliphatic carbocycles. The van der Waals surface area contributed by atoms with E-state index >= 15 is 0 Å². The van der Waals surface area contributed by atoms with Crippen LogP contribution in [0.5, 0.6) is 0 Å². The average Bonchev–Trinajstić information content (AvgIpc) is 2.43. The highest BCUT2D eigenvalue weighted by atomic mass is 14.3. The second-order valence-corrected chi connectivity index (χ2v) is 8.57. The van der Waals surface area contributed by atoms with E-state index in [0.29, 0.717) is 5.41 Å². The zero-order chi connectivity index (χ0) is 15.6. The fourth-order valence-electron chi connectivity index (χ4n) is 4.53. The van der Waals surface area contributed by atoms with Crippen molar-refractivity contribution in [3.05, 3.63) is 0 Å². The van der Waals surface area contributed by atoms with Crippen LogP contribution in [-0.2, 0) is 0 Å². The zero-order valence-corrected chi connectivity index (χ0v) is 15.6. The van der Waals surface area contributed by atoms with E-state index in [4.69, 9.17) is 0 Å². The molecular formula is C21H42. The van der Waals surface area contributed by atoms with Crippen molar-refractivity contribution in [1.29, 1.82) is 0 Å². The monoisotopic (exact) mass is 294 g/mol. The summed E-state index contributed by atoms with van der Waals surface area (Å²) in [5.74, 6) is 1.90. The summed E-state index contributed by atoms with van der Waals surface area (Å²) in [6.45, 7) is 9.89. The number of hydrogen-bond donors (Lipinski definition) is 0. The van der Waals surface area contributed by atoms with Crippen LogP contribution in [0, 0.1) is 17.3 Å². The van der Waals surface area contributed by atoms with Crippen LogP contribution < -0.4 is 0 Å². The second-order valence-electron chi connectivity index (χ2n) is 8.57. The Hall–Kier alpha value is 0. The van der Waals surface area contributed by atoms with Gasteiger partial charge in [-0.15, -0.1) is 0 Å². The third-order valence-electron chi connectivity index (χ3n) is 5.83. The van der Waals surface area contributed by atoms with E-state index in [1.807, 2.05) is 0 Å². The van der Waals surface area contributed by atoms with Crippen LogP contribution in [0.3, 0.4) is 0 Å². The maximum Gasteiger partial charge on any atom is -0.0323 e. The highest BCUT2D eigenvalue weighted by Gasteiger charge is 2.25. The molecule has 1 saturated carbocycles. The molecule has 21 heavy (non-hydrogen) atoms. The van der Waals surface area contributed by atoms with Crippen LogP contribution in [0.25, 0.3) is 0 Å². The fraction of sp³-hybridized carbons (Fsp3) is 1.00. The summed E-state index contributed by atoms with van der Waals surface area (Å²) >= 11 is 0. The molecule has 0 saturated heterocycles. The minimum absolute atomic E-state index is 0.633. The molecule has 0 nitrogen and oxygen atoms in total. The molecule has 0 amide bonds. The molecule has 0 heterocycles. The minimum atomic E-state index is 0.633. The van der Waals surface area contributed by atoms with Gasteiger partial charge in [0.2, 0.25) is 0 Å². The van der Waals surface area contributed by atoms with Gasteiger partial charge in [0.05, 0.1) is 0 Å². The molecule has 1 fully saturated rings. The van der Waals surface area contributed by atoms with Gasteiger partial charge in [-0.25, -0.2) is 0 Å². The number of hydrogen-bond acceptors (Lipinski definition) is 0. The molecule has 0 radical (unpaired) electrons. The van der Waals surface area contributed by atoms with E-state index in [-0.39, 0.29) is 0 Å². The molecule has 1 aliphatic rings. The first-order valence-corrected chi connectivity index (χ1v) is 10.1. The summed E-state index contributed by atoms with van der Waals surface area (Å²) in [5, 5.41) is 0. The lowest BCUT2D eigenvalue weighted by molar-refractivity contribution is 0.191. The van der Waals surface area contributed by atoms with Gasteiger partial charge in [-0.1, -0.05) is 98.3 Å². The lowest BCUT2D eigenvalue weighted by Crippen LogP contribution is -2.20. The molecule has 3 unspecified atom stereocenters. The van der Waals surface area contributed by atoms with Crippen LogP contribution in [0.2, 0.25) is 0 Å². The van der Waals surface area contributed by atoms with Crippen molar-refractivity contribution < 1.29 is 0 Å². The molecule has 0 aliphatic heterocycles. The summed E-state index contributed by atoms with van der Waals surface area (Å²) in [6.07, 6.45) is 20.5. The van der Waals surface area contributed by atoms with Crippen LogP contribution >= 0.6 is 0 Å². The summed E-state index contributed by atoms with van der Waals surface area (Å²) < 4.78 is 0. The van der Waals surface area contributed by atoms with Crippen molar-refractivity contribution in [2.75, 3.05) is 0 Å². The maximum absolute atomic E-state index is 2.60. The summed E-state index contributed by atoms with van der Waals surface area (Å²) in [7, 11) is 0. The largest absolute Gasteiger partial charge is 0.0654 e. The van der Waals surface area contributed by atoms with Crippen molar-refractivity contribution >= 4 is 0 Å². The molecule has 0 aromatic rings. The lowest BCUT2D eigenvalue weighted by atomic mass is 9.73. The first-order chi connectivity index (χ1) is 10.1. The molecule has 0 heteroatoms. The van der Waals surface area contributed by atoms with Crippen LogP contribution in [0.15, 0.2) is 0 Å². The summed E-state index contributed by atoms with van der Waals surface area (Å²) in [4.78, 5) is 0. The number of rotatable bonds is 4. The first kappa shape index (κ1) is 19.0. The highest BCUT2D eigenvalue weighted by molar-refractivity contribution is 4.77. The predicted octanol–water partition coefficient (Wildman–Crippen LogP) is 7.76. The van der Waals surface area contributed by atoms with Gasteiger partial charge in [0.15, 0.2) is 0 Å². The third kappa shape index (κ3) is 8.89. The van der Waals surface area contributed by atoms with Gasteiger partial charge in [0.25, 0.3) is 0 Å². The molecule has 1 rings (SSSR count). The van der Waals surface area contributed by atoms with E-state index in [1.54, 1.807) is 0 Å². The van der Waals surface area contributed by atoms with Crippen molar-refractivity contribution in [2.24, 2.45) is 17.3 Å². The van der Waals surface area contributed by atoms with Gasteiger partial charge in [-0.2, -0.15) is 0 Å². The average molecular weight is 295 g/mol. The topological polar surface area (TPSA) is 0 Å². The van der Waals surface area contributed by atoms with E-state index in [1.165, 1.54) is 89.9 Å². The Labute approximate surface area is 135 Å². The smallest absolute Gasteiger partial charge is 0.0323 e. The Bertz CT molecular complexity index is 244. The Kier molecular flexibility index (Phi) is 9.69. The quantitative estimate of drug-likeness (QED) is 0.497. The van der Waals surface area contributed by atoms with Crippen molar-refractivity contribution in [3.8, 4) is 0 Å². The van der Waals surface area contributed by atoms with Gasteiger partial charge in [0, 0.05) is 0 Å². The summed E-state index contributed by atoms with van der Waals surface area (Å²) in [6, 6.07) is 0. The molecular weight excluding hydrogens is 252 g/mol. The van der Waals surface area contributed by atoms with E-state index in [9.17, 15) is 0 Å². The molecule has 0 aromatic heterocycles. The van der Waals surface area contributed by atoms with Gasteiger partial charge in [0.1, 0.15) is 0 Å². The Morgan fingerprint density at radius 3 is 2.00 bits per heavy atom. The second kappa shape index (κ2) is 10.7. The van der Waals surface area contributed by atoms with Gasteiger partial charge in [-0.05, 0) is 36.5 Å². The van der Waals surface area contributed by atoms with E-state index < -0.39 is 0 Å². The van der Waals surface area contributed by atoms with E-state index in [0.717, 1.165) is 11.8 Å². The predicted molar refractivity (Wildman–Crippen MR) is 96.7 cm³/mol. The molecule has 126 valence electrons. The first-order valence-electron chi connectivity index (χ1n) is 10.1. The van der Waals surface area contributed by atoms with Crippen LogP contribution in [0.4, 0.5) is 0 Å². The zero-order valence-electron chi connectivity index (χ0n) is 15.6. The molecule has 3 atom stereocenters. The van der Waals surface area contributed by atoms with Gasteiger partial charge < -0.3 is 0 Å². The van der Waals surface area contributed by atoms with Gasteiger partial charge >= 0.3 is 0 Å². The molecule has 0 bridgehead atoms. The molecule has 0 aromatic carbocycles. The van der Waals surface area contributed by atoms with Crippen LogP contribution in [0.1, 0.15) is 118 Å². The Morgan fingerprint density at radius 2 is 1.43 bits per heavy atom. The van der Waals surface area contributed by atoms with Crippen LogP contribution in [-0.4, -0.2) is 0 Å². The highest BCUT2D eigenvalue weighted by Crippen LogP contribution is 2.39. The fourth-order valence-corrected chi connectivity index (χ4v) is 4.53. The van der Waals surface area contributed by atoms with Crippen molar-refractivity contribution in [1.82, 2.24) is 0 Å². The lowest BCUT2D eigenvalue weighted by Gasteiger charge is -2.33. The van der Waals surface area contributed by atoms with Gasteiger partial charge in [-0.3, -0.25) is 0 Å². The maximum atomic E-state index is 2.60. The van der Waals surface area contributed by atoms with E-state index in [2.05, 4.69) is 27.7 Å².